The average Bonchev–Trinajstić information content (AvgIpc) is 3.19. The quantitative estimate of drug-likeness (QED) is 0.779. The molecule has 3 rings (SSSR count). The first-order valence-corrected chi connectivity index (χ1v) is 7.51. The molecule has 1 amide bonds. The maximum Gasteiger partial charge on any atom is 0.278 e. The van der Waals surface area contributed by atoms with Gasteiger partial charge in [0.05, 0.1) is 6.54 Å². The molecule has 118 valence electrons. The van der Waals surface area contributed by atoms with Crippen LogP contribution in [0.1, 0.15) is 23.0 Å². The van der Waals surface area contributed by atoms with Crippen LogP contribution >= 0.6 is 11.6 Å². The van der Waals surface area contributed by atoms with E-state index < -0.39 is 0 Å². The number of hydrogen-bond acceptors (Lipinski definition) is 4. The molecular weight excluding hydrogens is 316 g/mol. The van der Waals surface area contributed by atoms with Crippen LogP contribution in [0.3, 0.4) is 0 Å². The Kier molecular flexibility index (Phi) is 4.38. The molecule has 7 nitrogen and oxygen atoms in total. The molecular formula is C15H15ClN6O. The molecule has 0 saturated carbocycles. The lowest BCUT2D eigenvalue weighted by molar-refractivity contribution is 0.102. The molecule has 0 radical (unpaired) electrons. The second-order valence-corrected chi connectivity index (χ2v) is 5.28. The van der Waals surface area contributed by atoms with Crippen LogP contribution in [0.4, 0.5) is 5.95 Å². The molecule has 0 aliphatic heterocycles. The van der Waals surface area contributed by atoms with Crippen LogP contribution in [-0.4, -0.2) is 30.5 Å². The Morgan fingerprint density at radius 3 is 2.78 bits per heavy atom. The average molecular weight is 331 g/mol. The van der Waals surface area contributed by atoms with E-state index in [0.717, 1.165) is 5.56 Å². The number of benzene rings is 1. The second-order valence-electron chi connectivity index (χ2n) is 4.87. The summed E-state index contributed by atoms with van der Waals surface area (Å²) in [5, 5.41) is 11.6. The number of nitrogens with zero attached hydrogens (tertiary/aromatic N) is 5. The third kappa shape index (κ3) is 3.57. The molecule has 2 aromatic heterocycles. The first-order chi connectivity index (χ1) is 11.2. The Balaban J connectivity index is 1.67. The number of aromatic nitrogens is 5. The van der Waals surface area contributed by atoms with Gasteiger partial charge in [-0.15, -0.1) is 5.10 Å². The first-order valence-electron chi connectivity index (χ1n) is 7.13. The fourth-order valence-electron chi connectivity index (χ4n) is 2.05. The van der Waals surface area contributed by atoms with Crippen molar-refractivity contribution in [3.05, 3.63) is 59.1 Å². The first kappa shape index (κ1) is 15.2. The highest BCUT2D eigenvalue weighted by atomic mass is 35.5. The standard InChI is InChI=1S/C15H15ClN6O/c1-2-21-8-7-13(19-21)14(23)18-15-17-10-22(20-15)9-11-5-3-4-6-12(11)16/h3-8,10H,2,9H2,1H3,(H,18,20,23). The minimum Gasteiger partial charge on any atom is -0.288 e. The molecule has 8 heteroatoms. The number of rotatable bonds is 5. The number of halogens is 1. The van der Waals surface area contributed by atoms with Gasteiger partial charge < -0.3 is 0 Å². The van der Waals surface area contributed by atoms with Crippen LogP contribution in [-0.2, 0) is 13.1 Å². The minimum atomic E-state index is -0.340. The summed E-state index contributed by atoms with van der Waals surface area (Å²) in [7, 11) is 0. The van der Waals surface area contributed by atoms with E-state index in [-0.39, 0.29) is 11.9 Å². The van der Waals surface area contributed by atoms with Crippen molar-refractivity contribution in [3.8, 4) is 0 Å². The van der Waals surface area contributed by atoms with Crippen molar-refractivity contribution in [1.82, 2.24) is 24.5 Å². The van der Waals surface area contributed by atoms with E-state index in [1.807, 2.05) is 31.2 Å². The van der Waals surface area contributed by atoms with E-state index in [1.165, 1.54) is 0 Å². The monoisotopic (exact) mass is 330 g/mol. The van der Waals surface area contributed by atoms with Crippen LogP contribution in [0.15, 0.2) is 42.9 Å². The van der Waals surface area contributed by atoms with Gasteiger partial charge in [-0.1, -0.05) is 29.8 Å². The van der Waals surface area contributed by atoms with Crippen LogP contribution < -0.4 is 5.32 Å². The summed E-state index contributed by atoms with van der Waals surface area (Å²) in [6, 6.07) is 9.17. The molecule has 0 bridgehead atoms. The zero-order chi connectivity index (χ0) is 16.2. The van der Waals surface area contributed by atoms with Gasteiger partial charge in [0.15, 0.2) is 5.69 Å². The zero-order valence-electron chi connectivity index (χ0n) is 12.5. The van der Waals surface area contributed by atoms with Crippen molar-refractivity contribution in [2.75, 3.05) is 5.32 Å². The predicted molar refractivity (Wildman–Crippen MR) is 86.4 cm³/mol. The summed E-state index contributed by atoms with van der Waals surface area (Å²) in [4.78, 5) is 16.1. The smallest absolute Gasteiger partial charge is 0.278 e. The molecule has 0 aliphatic rings. The number of hydrogen-bond donors (Lipinski definition) is 1. The van der Waals surface area contributed by atoms with Gasteiger partial charge in [0, 0.05) is 17.8 Å². The van der Waals surface area contributed by atoms with Gasteiger partial charge in [-0.05, 0) is 24.6 Å². The molecule has 23 heavy (non-hydrogen) atoms. The van der Waals surface area contributed by atoms with Crippen molar-refractivity contribution in [2.45, 2.75) is 20.0 Å². The van der Waals surface area contributed by atoms with E-state index in [4.69, 9.17) is 11.6 Å². The van der Waals surface area contributed by atoms with Crippen molar-refractivity contribution in [2.24, 2.45) is 0 Å². The van der Waals surface area contributed by atoms with Crippen molar-refractivity contribution >= 4 is 23.5 Å². The highest BCUT2D eigenvalue weighted by Crippen LogP contribution is 2.16. The second kappa shape index (κ2) is 6.62. The zero-order valence-corrected chi connectivity index (χ0v) is 13.2. The highest BCUT2D eigenvalue weighted by molar-refractivity contribution is 6.31. The third-order valence-electron chi connectivity index (χ3n) is 3.25. The Morgan fingerprint density at radius 2 is 2.04 bits per heavy atom. The Labute approximate surface area is 137 Å². The number of carbonyl (C=O) groups excluding carboxylic acids is 1. The summed E-state index contributed by atoms with van der Waals surface area (Å²) in [6.45, 7) is 3.14. The van der Waals surface area contributed by atoms with Crippen molar-refractivity contribution in [1.29, 1.82) is 0 Å². The van der Waals surface area contributed by atoms with Crippen LogP contribution in [0.5, 0.6) is 0 Å². The molecule has 0 unspecified atom stereocenters. The van der Waals surface area contributed by atoms with Gasteiger partial charge >= 0.3 is 0 Å². The molecule has 2 heterocycles. The maximum absolute atomic E-state index is 12.1. The lowest BCUT2D eigenvalue weighted by Crippen LogP contribution is -2.14. The third-order valence-corrected chi connectivity index (χ3v) is 3.62. The summed E-state index contributed by atoms with van der Waals surface area (Å²) >= 11 is 6.12. The maximum atomic E-state index is 12.1. The molecule has 0 fully saturated rings. The molecule has 0 aliphatic carbocycles. The lowest BCUT2D eigenvalue weighted by Gasteiger charge is -2.03. The number of amides is 1. The molecule has 0 spiro atoms. The van der Waals surface area contributed by atoms with Gasteiger partial charge in [0.2, 0.25) is 5.95 Å². The molecule has 1 N–H and O–H groups in total. The molecule has 0 atom stereocenters. The Hall–Kier alpha value is -2.67. The summed E-state index contributed by atoms with van der Waals surface area (Å²) < 4.78 is 3.29. The number of anilines is 1. The van der Waals surface area contributed by atoms with Gasteiger partial charge in [0.25, 0.3) is 5.91 Å². The van der Waals surface area contributed by atoms with E-state index in [9.17, 15) is 4.79 Å². The van der Waals surface area contributed by atoms with E-state index in [2.05, 4.69) is 20.5 Å². The summed E-state index contributed by atoms with van der Waals surface area (Å²) in [5.41, 5.74) is 1.26. The summed E-state index contributed by atoms with van der Waals surface area (Å²) in [5.74, 6) is -0.110. The molecule has 0 saturated heterocycles. The van der Waals surface area contributed by atoms with Gasteiger partial charge in [-0.25, -0.2) is 9.67 Å². The normalized spacial score (nSPS) is 10.7. The predicted octanol–water partition coefficient (Wildman–Crippen LogP) is 2.45. The van der Waals surface area contributed by atoms with Gasteiger partial charge in [-0.2, -0.15) is 5.10 Å². The van der Waals surface area contributed by atoms with Crippen LogP contribution in [0.2, 0.25) is 5.02 Å². The highest BCUT2D eigenvalue weighted by Gasteiger charge is 2.12. The van der Waals surface area contributed by atoms with Crippen molar-refractivity contribution in [3.63, 3.8) is 0 Å². The van der Waals surface area contributed by atoms with E-state index >= 15 is 0 Å². The van der Waals surface area contributed by atoms with Gasteiger partial charge in [0.1, 0.15) is 6.33 Å². The minimum absolute atomic E-state index is 0.230. The Morgan fingerprint density at radius 1 is 1.22 bits per heavy atom. The fraction of sp³-hybridized carbons (Fsp3) is 0.200. The number of aryl methyl sites for hydroxylation is 1. The van der Waals surface area contributed by atoms with Crippen LogP contribution in [0, 0.1) is 0 Å². The van der Waals surface area contributed by atoms with Crippen LogP contribution in [0.25, 0.3) is 0 Å². The van der Waals surface area contributed by atoms with E-state index in [1.54, 1.807) is 28.0 Å². The van der Waals surface area contributed by atoms with Gasteiger partial charge in [-0.3, -0.25) is 14.8 Å². The van der Waals surface area contributed by atoms with E-state index in [0.29, 0.717) is 23.8 Å². The summed E-state index contributed by atoms with van der Waals surface area (Å²) in [6.07, 6.45) is 3.29. The SMILES string of the molecule is CCn1ccc(C(=O)Nc2ncn(Cc3ccccc3Cl)n2)n1. The fourth-order valence-corrected chi connectivity index (χ4v) is 2.25. The number of carbonyl (C=O) groups is 1. The number of nitrogens with one attached hydrogen (secondary N) is 1. The largest absolute Gasteiger partial charge is 0.288 e. The van der Waals surface area contributed by atoms with Crippen molar-refractivity contribution < 1.29 is 4.79 Å². The molecule has 3 aromatic rings. The lowest BCUT2D eigenvalue weighted by atomic mass is 10.2. The topological polar surface area (TPSA) is 77.6 Å². The Bertz CT molecular complexity index is 825. The molecule has 1 aromatic carbocycles.